The van der Waals surface area contributed by atoms with Crippen molar-refractivity contribution in [3.8, 4) is 0 Å². The molecule has 2 aliphatic carbocycles. The second-order valence-electron chi connectivity index (χ2n) is 7.64. The van der Waals surface area contributed by atoms with E-state index in [-0.39, 0.29) is 11.2 Å². The molecular weight excluding hydrogens is 292 g/mol. The summed E-state index contributed by atoms with van der Waals surface area (Å²) >= 11 is 0. The molecule has 4 rings (SSSR count). The smallest absolute Gasteiger partial charge is 0.166 e. The van der Waals surface area contributed by atoms with Gasteiger partial charge in [0.05, 0.1) is 5.41 Å². The van der Waals surface area contributed by atoms with Gasteiger partial charge in [0.25, 0.3) is 0 Å². The van der Waals surface area contributed by atoms with Gasteiger partial charge in [-0.3, -0.25) is 4.79 Å². The Kier molecular flexibility index (Phi) is 3.35. The molecule has 1 atom stereocenters. The van der Waals surface area contributed by atoms with Gasteiger partial charge < -0.3 is 0 Å². The molecule has 0 fully saturated rings. The van der Waals surface area contributed by atoms with Crippen LogP contribution in [0.3, 0.4) is 0 Å². The summed E-state index contributed by atoms with van der Waals surface area (Å²) in [5.41, 5.74) is 4.29. The maximum absolute atomic E-state index is 13.3. The van der Waals surface area contributed by atoms with Gasteiger partial charge >= 0.3 is 0 Å². The largest absolute Gasteiger partial charge is 0.294 e. The van der Waals surface area contributed by atoms with Crippen molar-refractivity contribution in [2.75, 3.05) is 0 Å². The van der Waals surface area contributed by atoms with Gasteiger partial charge in [-0.25, -0.2) is 0 Å². The first-order chi connectivity index (χ1) is 11.5. The Balaban J connectivity index is 1.79. The third kappa shape index (κ3) is 2.19. The van der Waals surface area contributed by atoms with Gasteiger partial charge in [-0.15, -0.1) is 0 Å². The Morgan fingerprint density at radius 2 is 1.58 bits per heavy atom. The van der Waals surface area contributed by atoms with Crippen LogP contribution in [0.5, 0.6) is 0 Å². The number of carbonyl (C=O) groups is 1. The highest BCUT2D eigenvalue weighted by Gasteiger charge is 2.51. The van der Waals surface area contributed by atoms with Crippen molar-refractivity contribution in [1.82, 2.24) is 0 Å². The van der Waals surface area contributed by atoms with Crippen LogP contribution in [-0.4, -0.2) is 5.78 Å². The van der Waals surface area contributed by atoms with Crippen molar-refractivity contribution in [2.24, 2.45) is 10.8 Å². The van der Waals surface area contributed by atoms with Crippen molar-refractivity contribution in [1.29, 1.82) is 0 Å². The molecule has 0 N–H and O–H groups in total. The molecule has 120 valence electrons. The summed E-state index contributed by atoms with van der Waals surface area (Å²) < 4.78 is 0. The van der Waals surface area contributed by atoms with Gasteiger partial charge in [0.1, 0.15) is 0 Å². The number of rotatable bonds is 1. The maximum atomic E-state index is 13.3. The van der Waals surface area contributed by atoms with Crippen LogP contribution in [0.1, 0.15) is 37.0 Å². The molecule has 1 unspecified atom stereocenters. The highest BCUT2D eigenvalue weighted by atomic mass is 16.1. The molecule has 2 aromatic carbocycles. The van der Waals surface area contributed by atoms with E-state index in [0.29, 0.717) is 0 Å². The van der Waals surface area contributed by atoms with Crippen LogP contribution < -0.4 is 0 Å². The number of hydrogen-bond acceptors (Lipinski definition) is 1. The molecule has 0 heterocycles. The molecule has 0 radical (unpaired) electrons. The molecule has 2 aliphatic rings. The summed E-state index contributed by atoms with van der Waals surface area (Å²) in [5, 5.41) is 0. The zero-order chi connectivity index (χ0) is 16.8. The van der Waals surface area contributed by atoms with Gasteiger partial charge in [-0.05, 0) is 46.6 Å². The lowest BCUT2D eigenvalue weighted by atomic mass is 9.53. The topological polar surface area (TPSA) is 17.1 Å². The molecule has 24 heavy (non-hydrogen) atoms. The fraction of sp³-hybridized carbons (Fsp3) is 0.261. The summed E-state index contributed by atoms with van der Waals surface area (Å²) in [5.74, 6) is 0.239. The van der Waals surface area contributed by atoms with Crippen LogP contribution in [0, 0.1) is 10.8 Å². The van der Waals surface area contributed by atoms with Gasteiger partial charge in [0, 0.05) is 0 Å². The van der Waals surface area contributed by atoms with E-state index in [0.717, 1.165) is 24.0 Å². The standard InChI is InChI=1S/C23H22O/c1-22(2)15-20(17-8-4-3-5-9-17)14-21(24)23(22)13-12-18-10-6-7-11-19(18)16-23/h3-14H,15-16H2,1-2H3. The minimum atomic E-state index is -0.431. The third-order valence-electron chi connectivity index (χ3n) is 5.80. The molecular formula is C23H22O. The minimum Gasteiger partial charge on any atom is -0.294 e. The van der Waals surface area contributed by atoms with Crippen LogP contribution in [0.25, 0.3) is 11.6 Å². The molecule has 0 aliphatic heterocycles. The SMILES string of the molecule is CC1(C)CC(c2ccccc2)=CC(=O)C12C=Cc1ccccc1C2. The molecule has 0 saturated carbocycles. The van der Waals surface area contributed by atoms with Gasteiger partial charge in [-0.2, -0.15) is 0 Å². The fourth-order valence-corrected chi connectivity index (χ4v) is 4.23. The highest BCUT2D eigenvalue weighted by Crippen LogP contribution is 2.54. The third-order valence-corrected chi connectivity index (χ3v) is 5.80. The van der Waals surface area contributed by atoms with Crippen molar-refractivity contribution in [3.63, 3.8) is 0 Å². The van der Waals surface area contributed by atoms with Crippen molar-refractivity contribution < 1.29 is 4.79 Å². The average molecular weight is 314 g/mol. The zero-order valence-electron chi connectivity index (χ0n) is 14.3. The van der Waals surface area contributed by atoms with Crippen LogP contribution in [0.4, 0.5) is 0 Å². The van der Waals surface area contributed by atoms with E-state index in [4.69, 9.17) is 0 Å². The molecule has 0 bridgehead atoms. The monoisotopic (exact) mass is 314 g/mol. The first-order valence-corrected chi connectivity index (χ1v) is 8.59. The minimum absolute atomic E-state index is 0.117. The van der Waals surface area contributed by atoms with Crippen molar-refractivity contribution >= 4 is 17.4 Å². The lowest BCUT2D eigenvalue weighted by Crippen LogP contribution is -2.47. The normalized spacial score (nSPS) is 24.6. The van der Waals surface area contributed by atoms with Crippen LogP contribution in [-0.2, 0) is 11.2 Å². The summed E-state index contributed by atoms with van der Waals surface area (Å²) in [6.07, 6.45) is 7.90. The summed E-state index contributed by atoms with van der Waals surface area (Å²) in [6, 6.07) is 18.7. The van der Waals surface area contributed by atoms with E-state index >= 15 is 0 Å². The van der Waals surface area contributed by atoms with Crippen LogP contribution >= 0.6 is 0 Å². The zero-order valence-corrected chi connectivity index (χ0v) is 14.3. The van der Waals surface area contributed by atoms with Crippen LogP contribution in [0.15, 0.2) is 66.7 Å². The van der Waals surface area contributed by atoms with Crippen molar-refractivity contribution in [3.05, 3.63) is 83.4 Å². The Morgan fingerprint density at radius 1 is 0.875 bits per heavy atom. The number of fused-ring (bicyclic) bond motifs is 1. The predicted molar refractivity (Wildman–Crippen MR) is 99.4 cm³/mol. The first-order valence-electron chi connectivity index (χ1n) is 8.59. The fourth-order valence-electron chi connectivity index (χ4n) is 4.23. The van der Waals surface area contributed by atoms with E-state index in [1.165, 1.54) is 11.1 Å². The second kappa shape index (κ2) is 5.31. The molecule has 1 nitrogen and oxygen atoms in total. The molecule has 0 aromatic heterocycles. The maximum Gasteiger partial charge on any atom is 0.166 e. The average Bonchev–Trinajstić information content (AvgIpc) is 2.60. The molecule has 1 spiro atoms. The van der Waals surface area contributed by atoms with E-state index in [1.807, 2.05) is 24.3 Å². The Hall–Kier alpha value is -2.41. The number of ketones is 1. The quantitative estimate of drug-likeness (QED) is 0.696. The van der Waals surface area contributed by atoms with E-state index in [9.17, 15) is 4.79 Å². The Bertz CT molecular complexity index is 855. The molecule has 2 aromatic rings. The molecule has 0 amide bonds. The summed E-state index contributed by atoms with van der Waals surface area (Å²) in [4.78, 5) is 13.3. The predicted octanol–water partition coefficient (Wildman–Crippen LogP) is 5.32. The van der Waals surface area contributed by atoms with E-state index in [2.05, 4.69) is 62.4 Å². The van der Waals surface area contributed by atoms with E-state index < -0.39 is 5.41 Å². The Morgan fingerprint density at radius 3 is 2.33 bits per heavy atom. The summed E-state index contributed by atoms with van der Waals surface area (Å²) in [7, 11) is 0. The number of hydrogen-bond donors (Lipinski definition) is 0. The lowest BCUT2D eigenvalue weighted by Gasteiger charge is -2.48. The second-order valence-corrected chi connectivity index (χ2v) is 7.64. The number of carbonyl (C=O) groups excluding carboxylic acids is 1. The number of benzene rings is 2. The molecule has 1 heteroatoms. The van der Waals surface area contributed by atoms with Gasteiger partial charge in [-0.1, -0.05) is 80.6 Å². The van der Waals surface area contributed by atoms with E-state index in [1.54, 1.807) is 0 Å². The highest BCUT2D eigenvalue weighted by molar-refractivity contribution is 6.05. The lowest BCUT2D eigenvalue weighted by molar-refractivity contribution is -0.127. The summed E-state index contributed by atoms with van der Waals surface area (Å²) in [6.45, 7) is 4.47. The van der Waals surface area contributed by atoms with Crippen LogP contribution in [0.2, 0.25) is 0 Å². The molecule has 0 saturated heterocycles. The Labute approximate surface area is 143 Å². The van der Waals surface area contributed by atoms with Gasteiger partial charge in [0.2, 0.25) is 0 Å². The van der Waals surface area contributed by atoms with Gasteiger partial charge in [0.15, 0.2) is 5.78 Å². The van der Waals surface area contributed by atoms with Crippen molar-refractivity contribution in [2.45, 2.75) is 26.7 Å². The first kappa shape index (κ1) is 15.1. The number of allylic oxidation sites excluding steroid dienone is 3.